The predicted molar refractivity (Wildman–Crippen MR) is 69.6 cm³/mol. The zero-order chi connectivity index (χ0) is 12.2. The first kappa shape index (κ1) is 10.3. The van der Waals surface area contributed by atoms with Crippen LogP contribution >= 0.6 is 11.3 Å². The van der Waals surface area contributed by atoms with E-state index >= 15 is 0 Å². The van der Waals surface area contributed by atoms with Gasteiger partial charge in [0.25, 0.3) is 5.91 Å². The van der Waals surface area contributed by atoms with E-state index in [4.69, 9.17) is 0 Å². The van der Waals surface area contributed by atoms with Crippen molar-refractivity contribution in [3.63, 3.8) is 0 Å². The van der Waals surface area contributed by atoms with Gasteiger partial charge in [-0.2, -0.15) is 0 Å². The number of thiazole rings is 1. The first-order valence-electron chi connectivity index (χ1n) is 6.14. The van der Waals surface area contributed by atoms with E-state index in [-0.39, 0.29) is 11.4 Å². The lowest BCUT2D eigenvalue weighted by Crippen LogP contribution is -2.39. The van der Waals surface area contributed by atoms with Gasteiger partial charge in [0, 0.05) is 17.5 Å². The van der Waals surface area contributed by atoms with Crippen LogP contribution in [0.4, 0.5) is 0 Å². The Labute approximate surface area is 109 Å². The van der Waals surface area contributed by atoms with Gasteiger partial charge < -0.3 is 4.90 Å². The van der Waals surface area contributed by atoms with Gasteiger partial charge in [0.05, 0.1) is 11.2 Å². The minimum Gasteiger partial charge on any atom is -0.323 e. The van der Waals surface area contributed by atoms with E-state index in [1.807, 2.05) is 28.6 Å². The SMILES string of the molecule is O=C1c2ccccc2C2(c3cscn3)CCCN12. The standard InChI is InChI=1S/C14H12N2OS/c17-13-10-4-1-2-5-11(10)14(6-3-7-16(13)14)12-8-18-9-15-12/h1-2,4-5,8-9H,3,6-7H2. The highest BCUT2D eigenvalue weighted by atomic mass is 32.1. The Hall–Kier alpha value is -1.68. The number of carbonyl (C=O) groups excluding carboxylic acids is 1. The van der Waals surface area contributed by atoms with Crippen LogP contribution in [0.1, 0.15) is 34.5 Å². The van der Waals surface area contributed by atoms with Gasteiger partial charge in [-0.25, -0.2) is 4.98 Å². The molecular weight excluding hydrogens is 244 g/mol. The maximum atomic E-state index is 12.5. The van der Waals surface area contributed by atoms with E-state index in [1.165, 1.54) is 0 Å². The van der Waals surface area contributed by atoms with Crippen LogP contribution in [0.5, 0.6) is 0 Å². The van der Waals surface area contributed by atoms with E-state index in [0.717, 1.165) is 36.2 Å². The molecule has 18 heavy (non-hydrogen) atoms. The van der Waals surface area contributed by atoms with Crippen molar-refractivity contribution in [2.45, 2.75) is 18.4 Å². The summed E-state index contributed by atoms with van der Waals surface area (Å²) in [4.78, 5) is 19.0. The molecule has 1 amide bonds. The Kier molecular flexibility index (Phi) is 1.95. The lowest BCUT2D eigenvalue weighted by molar-refractivity contribution is 0.0707. The molecule has 0 saturated carbocycles. The Bertz CT molecular complexity index is 622. The molecule has 0 radical (unpaired) electrons. The van der Waals surface area contributed by atoms with E-state index in [1.54, 1.807) is 11.3 Å². The van der Waals surface area contributed by atoms with Crippen molar-refractivity contribution in [1.82, 2.24) is 9.88 Å². The van der Waals surface area contributed by atoms with Gasteiger partial charge in [0.2, 0.25) is 0 Å². The molecule has 1 saturated heterocycles. The molecule has 2 aliphatic rings. The largest absolute Gasteiger partial charge is 0.323 e. The lowest BCUT2D eigenvalue weighted by Gasteiger charge is -2.31. The monoisotopic (exact) mass is 256 g/mol. The number of rotatable bonds is 1. The summed E-state index contributed by atoms with van der Waals surface area (Å²) in [5.41, 5.74) is 4.59. The molecular formula is C14H12N2OS. The molecule has 1 aromatic heterocycles. The highest BCUT2D eigenvalue weighted by molar-refractivity contribution is 7.07. The molecule has 1 aromatic carbocycles. The van der Waals surface area contributed by atoms with E-state index in [9.17, 15) is 4.79 Å². The summed E-state index contributed by atoms with van der Waals surface area (Å²) in [5, 5.41) is 2.08. The number of aromatic nitrogens is 1. The van der Waals surface area contributed by atoms with Crippen molar-refractivity contribution in [2.75, 3.05) is 6.54 Å². The van der Waals surface area contributed by atoms with Gasteiger partial charge in [-0.3, -0.25) is 4.79 Å². The van der Waals surface area contributed by atoms with Gasteiger partial charge in [-0.05, 0) is 24.5 Å². The molecule has 1 unspecified atom stereocenters. The van der Waals surface area contributed by atoms with Gasteiger partial charge in [0.15, 0.2) is 0 Å². The molecule has 4 rings (SSSR count). The van der Waals surface area contributed by atoms with Crippen LogP contribution in [-0.2, 0) is 5.54 Å². The fraction of sp³-hybridized carbons (Fsp3) is 0.286. The summed E-state index contributed by atoms with van der Waals surface area (Å²) in [5.74, 6) is 0.163. The maximum absolute atomic E-state index is 12.5. The average Bonchev–Trinajstić information content (AvgIpc) is 3.09. The number of carbonyl (C=O) groups is 1. The Morgan fingerprint density at radius 1 is 1.33 bits per heavy atom. The molecule has 1 atom stereocenters. The highest BCUT2D eigenvalue weighted by Crippen LogP contribution is 2.50. The van der Waals surface area contributed by atoms with Crippen LogP contribution in [0.2, 0.25) is 0 Å². The van der Waals surface area contributed by atoms with E-state index < -0.39 is 0 Å². The number of hydrogen-bond donors (Lipinski definition) is 0. The lowest BCUT2D eigenvalue weighted by atomic mass is 9.85. The molecule has 0 aliphatic carbocycles. The van der Waals surface area contributed by atoms with Crippen LogP contribution in [0.15, 0.2) is 35.2 Å². The number of nitrogens with zero attached hydrogens (tertiary/aromatic N) is 2. The fourth-order valence-electron chi connectivity index (χ4n) is 3.37. The van der Waals surface area contributed by atoms with Crippen LogP contribution in [-0.4, -0.2) is 22.3 Å². The zero-order valence-electron chi connectivity index (χ0n) is 9.80. The van der Waals surface area contributed by atoms with E-state index in [2.05, 4.69) is 16.4 Å². The maximum Gasteiger partial charge on any atom is 0.255 e. The third-order valence-corrected chi connectivity index (χ3v) is 4.67. The van der Waals surface area contributed by atoms with Crippen LogP contribution < -0.4 is 0 Å². The van der Waals surface area contributed by atoms with Gasteiger partial charge >= 0.3 is 0 Å². The summed E-state index contributed by atoms with van der Waals surface area (Å²) in [7, 11) is 0. The van der Waals surface area contributed by atoms with Crippen LogP contribution in [0.3, 0.4) is 0 Å². The van der Waals surface area contributed by atoms with Crippen molar-refractivity contribution in [1.29, 1.82) is 0 Å². The minimum absolute atomic E-state index is 0.163. The zero-order valence-corrected chi connectivity index (χ0v) is 10.6. The molecule has 4 heteroatoms. The van der Waals surface area contributed by atoms with Crippen molar-refractivity contribution in [3.8, 4) is 0 Å². The molecule has 90 valence electrons. The summed E-state index contributed by atoms with van der Waals surface area (Å²) >= 11 is 1.60. The van der Waals surface area contributed by atoms with Crippen molar-refractivity contribution >= 4 is 17.2 Å². The first-order chi connectivity index (χ1) is 8.84. The van der Waals surface area contributed by atoms with Crippen molar-refractivity contribution in [3.05, 3.63) is 52.0 Å². The third-order valence-electron chi connectivity index (χ3n) is 4.09. The predicted octanol–water partition coefficient (Wildman–Crippen LogP) is 2.64. The van der Waals surface area contributed by atoms with Gasteiger partial charge in [-0.15, -0.1) is 11.3 Å². The number of amides is 1. The topological polar surface area (TPSA) is 33.2 Å². The normalized spacial score (nSPS) is 25.3. The molecule has 3 heterocycles. The second kappa shape index (κ2) is 3.42. The second-order valence-electron chi connectivity index (χ2n) is 4.84. The van der Waals surface area contributed by atoms with Crippen molar-refractivity contribution in [2.24, 2.45) is 0 Å². The van der Waals surface area contributed by atoms with Crippen molar-refractivity contribution < 1.29 is 4.79 Å². The summed E-state index contributed by atoms with van der Waals surface area (Å²) in [6, 6.07) is 7.97. The molecule has 0 bridgehead atoms. The highest BCUT2D eigenvalue weighted by Gasteiger charge is 2.54. The molecule has 0 spiro atoms. The Balaban J connectivity index is 2.03. The Morgan fingerprint density at radius 3 is 3.06 bits per heavy atom. The summed E-state index contributed by atoms with van der Waals surface area (Å²) in [6.45, 7) is 0.838. The number of hydrogen-bond acceptors (Lipinski definition) is 3. The quantitative estimate of drug-likeness (QED) is 0.786. The first-order valence-corrected chi connectivity index (χ1v) is 7.08. The smallest absolute Gasteiger partial charge is 0.255 e. The van der Waals surface area contributed by atoms with Crippen LogP contribution in [0.25, 0.3) is 0 Å². The summed E-state index contributed by atoms with van der Waals surface area (Å²) in [6.07, 6.45) is 2.04. The fourth-order valence-corrected chi connectivity index (χ4v) is 3.99. The van der Waals surface area contributed by atoms with Gasteiger partial charge in [0.1, 0.15) is 5.54 Å². The number of fused-ring (bicyclic) bond motifs is 3. The molecule has 0 N–H and O–H groups in total. The number of benzene rings is 1. The average molecular weight is 256 g/mol. The van der Waals surface area contributed by atoms with E-state index in [0.29, 0.717) is 0 Å². The Morgan fingerprint density at radius 2 is 2.22 bits per heavy atom. The molecule has 2 aromatic rings. The van der Waals surface area contributed by atoms with Gasteiger partial charge in [-0.1, -0.05) is 18.2 Å². The molecule has 3 nitrogen and oxygen atoms in total. The molecule has 2 aliphatic heterocycles. The van der Waals surface area contributed by atoms with Crippen LogP contribution in [0, 0.1) is 0 Å². The molecule has 1 fully saturated rings. The second-order valence-corrected chi connectivity index (χ2v) is 5.56. The summed E-state index contributed by atoms with van der Waals surface area (Å²) < 4.78 is 0. The third kappa shape index (κ3) is 1.04. The minimum atomic E-state index is -0.284.